The minimum atomic E-state index is -0.00446. The van der Waals surface area contributed by atoms with E-state index in [0.717, 1.165) is 68.2 Å². The number of methoxy groups -OCH3 is 4. The molecule has 0 radical (unpaired) electrons. The number of hydrogen-bond donors (Lipinski definition) is 0. The van der Waals surface area contributed by atoms with E-state index in [9.17, 15) is 10.5 Å². The molecule has 0 heterocycles. The first-order chi connectivity index (χ1) is 31.4. The van der Waals surface area contributed by atoms with Gasteiger partial charge in [0.1, 0.15) is 23.0 Å². The van der Waals surface area contributed by atoms with E-state index >= 15 is 0 Å². The molecule has 0 aliphatic heterocycles. The Morgan fingerprint density at radius 2 is 0.641 bits per heavy atom. The van der Waals surface area contributed by atoms with Gasteiger partial charge in [0.15, 0.2) is 0 Å². The summed E-state index contributed by atoms with van der Waals surface area (Å²) in [4.78, 5) is 11.7. The number of hydrogen-bond acceptors (Lipinski definition) is 8. The van der Waals surface area contributed by atoms with Crippen molar-refractivity contribution in [2.24, 2.45) is 0 Å². The van der Waals surface area contributed by atoms with Crippen LogP contribution in [0.1, 0.15) is 33.4 Å². The highest BCUT2D eigenvalue weighted by Crippen LogP contribution is 2.42. The fraction of sp³-hybridized carbons (Fsp3) is 0.0741. The minimum Gasteiger partial charge on any atom is -0.497 e. The Kier molecular flexibility index (Phi) is 13.3. The summed E-state index contributed by atoms with van der Waals surface area (Å²) in [6.45, 7) is 16.3. The lowest BCUT2D eigenvalue weighted by molar-refractivity contribution is 0.414. The largest absolute Gasteiger partial charge is 0.497 e. The van der Waals surface area contributed by atoms with Gasteiger partial charge in [-0.15, -0.1) is 0 Å². The average Bonchev–Trinajstić information content (AvgIpc) is 3.36. The van der Waals surface area contributed by atoms with Crippen LogP contribution >= 0.6 is 0 Å². The van der Waals surface area contributed by atoms with Crippen LogP contribution in [-0.2, 0) is 0 Å². The summed E-state index contributed by atoms with van der Waals surface area (Å²) in [5, 5.41) is 20.9. The van der Waals surface area contributed by atoms with Gasteiger partial charge in [0.2, 0.25) is 11.4 Å². The molecule has 10 nitrogen and oxygen atoms in total. The number of nitriles is 2. The third kappa shape index (κ3) is 9.09. The molecule has 310 valence electrons. The SMILES string of the molecule is [C-]#[N+]c1c(C#N)c(/C=C/c2ccc(N(c3ccc(OC)cc3)c3ccc(OC)cc3)cc2)c(C#N)c([N+]#[C-])c1/C=C/c1ccc(N(c2ccc(OC)cc2)c2ccc(OC)cc2)cc1. The summed E-state index contributed by atoms with van der Waals surface area (Å²) < 4.78 is 21.5. The van der Waals surface area contributed by atoms with Crippen molar-refractivity contribution in [3.05, 3.63) is 202 Å². The second-order valence-electron chi connectivity index (χ2n) is 14.0. The first-order valence-corrected chi connectivity index (χ1v) is 19.9. The lowest BCUT2D eigenvalue weighted by Gasteiger charge is -2.26. The highest BCUT2D eigenvalue weighted by atomic mass is 16.5. The normalized spacial score (nSPS) is 10.6. The van der Waals surface area contributed by atoms with Crippen molar-refractivity contribution in [3.63, 3.8) is 0 Å². The van der Waals surface area contributed by atoms with Crippen LogP contribution < -0.4 is 28.7 Å². The molecule has 0 bridgehead atoms. The van der Waals surface area contributed by atoms with Gasteiger partial charge in [0, 0.05) is 34.1 Å². The fourth-order valence-corrected chi connectivity index (χ4v) is 7.19. The van der Waals surface area contributed by atoms with Crippen molar-refractivity contribution in [1.82, 2.24) is 0 Å². The van der Waals surface area contributed by atoms with E-state index in [0.29, 0.717) is 0 Å². The van der Waals surface area contributed by atoms with Gasteiger partial charge in [0.05, 0.1) is 64.8 Å². The van der Waals surface area contributed by atoms with Crippen LogP contribution in [0.4, 0.5) is 45.5 Å². The van der Waals surface area contributed by atoms with Gasteiger partial charge in [-0.05, 0) is 144 Å². The zero-order chi connectivity index (χ0) is 45.0. The molecule has 7 aromatic carbocycles. The van der Waals surface area contributed by atoms with Gasteiger partial charge < -0.3 is 28.7 Å². The molecule has 0 aliphatic rings. The zero-order valence-electron chi connectivity index (χ0n) is 35.5. The average molecular weight is 837 g/mol. The molecule has 0 aliphatic carbocycles. The van der Waals surface area contributed by atoms with Crippen LogP contribution in [0.25, 0.3) is 34.0 Å². The molecule has 64 heavy (non-hydrogen) atoms. The quantitative estimate of drug-likeness (QED) is 0.0789. The van der Waals surface area contributed by atoms with Crippen LogP contribution in [0.5, 0.6) is 23.0 Å². The highest BCUT2D eigenvalue weighted by Gasteiger charge is 2.22. The van der Waals surface area contributed by atoms with Crippen LogP contribution in [0, 0.1) is 35.8 Å². The maximum absolute atomic E-state index is 10.5. The van der Waals surface area contributed by atoms with E-state index in [1.807, 2.05) is 146 Å². The van der Waals surface area contributed by atoms with Crippen molar-refractivity contribution < 1.29 is 18.9 Å². The highest BCUT2D eigenvalue weighted by molar-refractivity contribution is 5.96. The molecule has 7 aromatic rings. The third-order valence-corrected chi connectivity index (χ3v) is 10.5. The van der Waals surface area contributed by atoms with E-state index in [1.54, 1.807) is 52.7 Å². The smallest absolute Gasteiger partial charge is 0.202 e. The van der Waals surface area contributed by atoms with Crippen LogP contribution in [0.3, 0.4) is 0 Å². The van der Waals surface area contributed by atoms with Gasteiger partial charge in [-0.3, -0.25) is 0 Å². The molecule has 0 saturated heterocycles. The lowest BCUT2D eigenvalue weighted by Crippen LogP contribution is -2.09. The number of benzene rings is 7. The Bertz CT molecular complexity index is 2630. The van der Waals surface area contributed by atoms with Gasteiger partial charge in [0.25, 0.3) is 0 Å². The molecule has 0 unspecified atom stereocenters. The summed E-state index contributed by atoms with van der Waals surface area (Å²) in [6.07, 6.45) is 6.80. The number of ether oxygens (including phenoxy) is 4. The summed E-state index contributed by atoms with van der Waals surface area (Å²) >= 11 is 0. The predicted molar refractivity (Wildman–Crippen MR) is 255 cm³/mol. The summed E-state index contributed by atoms with van der Waals surface area (Å²) in [5.74, 6) is 2.96. The molecule has 0 aromatic heterocycles. The first-order valence-electron chi connectivity index (χ1n) is 19.9. The van der Waals surface area contributed by atoms with Crippen molar-refractivity contribution in [2.75, 3.05) is 38.2 Å². The van der Waals surface area contributed by atoms with Crippen molar-refractivity contribution >= 4 is 69.8 Å². The Labute approximate surface area is 373 Å². The second-order valence-corrected chi connectivity index (χ2v) is 14.0. The monoisotopic (exact) mass is 836 g/mol. The van der Waals surface area contributed by atoms with Crippen molar-refractivity contribution in [3.8, 4) is 35.1 Å². The van der Waals surface area contributed by atoms with Crippen LogP contribution in [0.15, 0.2) is 146 Å². The van der Waals surface area contributed by atoms with Crippen LogP contribution in [-0.4, -0.2) is 28.4 Å². The summed E-state index contributed by atoms with van der Waals surface area (Å²) in [7, 11) is 6.51. The molecule has 0 N–H and O–H groups in total. The maximum atomic E-state index is 10.5. The maximum Gasteiger partial charge on any atom is 0.202 e. The molecule has 0 atom stereocenters. The van der Waals surface area contributed by atoms with Gasteiger partial charge in [-0.1, -0.05) is 48.6 Å². The number of nitrogens with zero attached hydrogens (tertiary/aromatic N) is 6. The fourth-order valence-electron chi connectivity index (χ4n) is 7.19. The Morgan fingerprint density at radius 3 is 0.875 bits per heavy atom. The summed E-state index contributed by atoms with van der Waals surface area (Å²) in [6, 6.07) is 50.9. The topological polar surface area (TPSA) is 99.7 Å². The second kappa shape index (κ2) is 19.9. The Morgan fingerprint density at radius 1 is 0.391 bits per heavy atom. The molecular weight excluding hydrogens is 797 g/mol. The number of anilines is 6. The third-order valence-electron chi connectivity index (χ3n) is 10.5. The van der Waals surface area contributed by atoms with Gasteiger partial charge in [-0.25, -0.2) is 9.69 Å². The lowest BCUT2D eigenvalue weighted by atomic mass is 9.92. The molecule has 0 spiro atoms. The summed E-state index contributed by atoms with van der Waals surface area (Å²) in [5.41, 5.74) is 7.42. The minimum absolute atomic E-state index is 0.00446. The molecular formula is C54H40N6O4. The molecule has 0 saturated carbocycles. The van der Waals surface area contributed by atoms with Crippen molar-refractivity contribution in [2.45, 2.75) is 0 Å². The molecule has 7 rings (SSSR count). The standard InChI is InChI=1S/C54H40N6O4/c1-57-53-50(34-12-38-9-15-40(16-10-38)60(43-21-29-47(63-5)30-22-43)44-23-31-48(64-6)32-24-44)54(58-2)52(36-56)49(51(53)35-55)33-11-37-7-13-39(14-8-37)59(41-17-25-45(61-3)26-18-41)42-19-27-46(62-4)28-20-42/h7-34H,3-6H3/b33-11+,34-12+. The van der Waals surface area contributed by atoms with E-state index < -0.39 is 0 Å². The molecule has 0 amide bonds. The molecule has 0 fully saturated rings. The van der Waals surface area contributed by atoms with E-state index in [2.05, 4.69) is 31.6 Å². The van der Waals surface area contributed by atoms with E-state index in [4.69, 9.17) is 32.1 Å². The Balaban J connectivity index is 1.19. The van der Waals surface area contributed by atoms with E-state index in [-0.39, 0.29) is 33.6 Å². The van der Waals surface area contributed by atoms with Crippen LogP contribution in [0.2, 0.25) is 0 Å². The Hall–Kier alpha value is -9.22. The van der Waals surface area contributed by atoms with Crippen molar-refractivity contribution in [1.29, 1.82) is 10.5 Å². The zero-order valence-corrected chi connectivity index (χ0v) is 35.5. The van der Waals surface area contributed by atoms with E-state index in [1.165, 1.54) is 0 Å². The number of rotatable bonds is 14. The first kappa shape index (κ1) is 42.9. The molecule has 10 heteroatoms. The predicted octanol–water partition coefficient (Wildman–Crippen LogP) is 13.8. The van der Waals surface area contributed by atoms with Gasteiger partial charge >= 0.3 is 0 Å². The van der Waals surface area contributed by atoms with Gasteiger partial charge in [-0.2, -0.15) is 10.5 Å².